The van der Waals surface area contributed by atoms with Crippen LogP contribution >= 0.6 is 15.9 Å². The highest BCUT2D eigenvalue weighted by molar-refractivity contribution is 9.10. The molecule has 3 aromatic rings. The van der Waals surface area contributed by atoms with Crippen molar-refractivity contribution in [3.63, 3.8) is 0 Å². The average Bonchev–Trinajstić information content (AvgIpc) is 3.08. The number of ether oxygens (including phenoxy) is 2. The summed E-state index contributed by atoms with van der Waals surface area (Å²) in [5.74, 6) is -1.10. The van der Waals surface area contributed by atoms with Gasteiger partial charge in [-0.15, -0.1) is 0 Å². The van der Waals surface area contributed by atoms with E-state index < -0.39 is 34.4 Å². The Morgan fingerprint density at radius 3 is 1.33 bits per heavy atom. The number of aliphatic hydroxyl groups is 2. The van der Waals surface area contributed by atoms with Crippen LogP contribution in [0, 0.1) is 0 Å². The van der Waals surface area contributed by atoms with Gasteiger partial charge in [0.15, 0.2) is 5.82 Å². The van der Waals surface area contributed by atoms with Crippen LogP contribution in [0.5, 0.6) is 0 Å². The molecule has 0 bridgehead atoms. The zero-order valence-electron chi connectivity index (χ0n) is 31.7. The molecule has 2 N–H and O–H groups in total. The Morgan fingerprint density at radius 2 is 1.02 bits per heavy atom. The normalized spacial score (nSPS) is 16.8. The number of nitrogens with zero attached hydrogens (tertiary/aromatic N) is 4. The van der Waals surface area contributed by atoms with Crippen LogP contribution in [0.3, 0.4) is 0 Å². The summed E-state index contributed by atoms with van der Waals surface area (Å²) in [6.45, 7) is 13.5. The maximum absolute atomic E-state index is 12.2. The van der Waals surface area contributed by atoms with E-state index in [-0.39, 0.29) is 12.2 Å². The zero-order valence-corrected chi connectivity index (χ0v) is 33.3. The second-order valence-electron chi connectivity index (χ2n) is 15.2. The Kier molecular flexibility index (Phi) is 14.8. The lowest BCUT2D eigenvalue weighted by molar-refractivity contribution is -0.168. The van der Waals surface area contributed by atoms with Crippen molar-refractivity contribution in [2.24, 2.45) is 0 Å². The molecule has 2 aliphatic heterocycles. The summed E-state index contributed by atoms with van der Waals surface area (Å²) in [4.78, 5) is 45.3. The minimum absolute atomic E-state index is 0.305. The highest BCUT2D eigenvalue weighted by atomic mass is 79.9. The van der Waals surface area contributed by atoms with Gasteiger partial charge in [0.2, 0.25) is 5.78 Å². The predicted octanol–water partition coefficient (Wildman–Crippen LogP) is 8.17. The van der Waals surface area contributed by atoms with Gasteiger partial charge in [0.1, 0.15) is 11.2 Å². The molecule has 2 aromatic carbocycles. The average molecular weight is 824 g/mol. The maximum atomic E-state index is 12.2. The van der Waals surface area contributed by atoms with Gasteiger partial charge in [-0.25, -0.2) is 19.6 Å². The molecule has 0 radical (unpaired) electrons. The van der Waals surface area contributed by atoms with Gasteiger partial charge in [-0.05, 0) is 96.6 Å². The minimum atomic E-state index is -4.64. The lowest BCUT2D eigenvalue weighted by Crippen LogP contribution is -2.46. The van der Waals surface area contributed by atoms with Crippen molar-refractivity contribution in [3.8, 4) is 11.4 Å². The third-order valence-electron chi connectivity index (χ3n) is 8.51. The molecule has 2 amide bonds. The molecule has 5 rings (SSSR count). The lowest BCUT2D eigenvalue weighted by Gasteiger charge is -2.39. The molecule has 296 valence electrons. The van der Waals surface area contributed by atoms with Gasteiger partial charge in [0.25, 0.3) is 0 Å². The maximum Gasteiger partial charge on any atom is 0.449 e. The van der Waals surface area contributed by atoms with Gasteiger partial charge in [-0.3, -0.25) is 4.79 Å². The van der Waals surface area contributed by atoms with Crippen molar-refractivity contribution < 1.29 is 47.2 Å². The molecule has 0 spiro atoms. The fourth-order valence-electron chi connectivity index (χ4n) is 5.49. The van der Waals surface area contributed by atoms with Crippen molar-refractivity contribution in [2.75, 3.05) is 26.2 Å². The van der Waals surface area contributed by atoms with Crippen LogP contribution in [0.25, 0.3) is 11.4 Å². The van der Waals surface area contributed by atoms with Gasteiger partial charge in [-0.1, -0.05) is 52.3 Å². The van der Waals surface area contributed by atoms with Crippen LogP contribution in [-0.2, 0) is 25.5 Å². The number of benzene rings is 2. The first-order chi connectivity index (χ1) is 24.9. The summed E-state index contributed by atoms with van der Waals surface area (Å²) in [7, 11) is 0. The first kappa shape index (κ1) is 44.3. The number of likely N-dealkylation sites (tertiary alicyclic amines) is 2. The molecular weight excluding hydrogens is 773 g/mol. The van der Waals surface area contributed by atoms with E-state index in [1.807, 2.05) is 90.1 Å². The molecular formula is C39H50BrF3N4O7. The van der Waals surface area contributed by atoms with Crippen LogP contribution in [0.4, 0.5) is 22.8 Å². The molecule has 0 saturated carbocycles. The van der Waals surface area contributed by atoms with E-state index in [1.54, 1.807) is 28.3 Å². The number of carbonyl (C=O) groups excluding carboxylic acids is 3. The summed E-state index contributed by atoms with van der Waals surface area (Å²) < 4.78 is 44.2. The summed E-state index contributed by atoms with van der Waals surface area (Å²) in [6, 6.07) is 17.1. The van der Waals surface area contributed by atoms with E-state index in [1.165, 1.54) is 0 Å². The number of halogens is 4. The number of carbonyl (C=O) groups is 3. The summed E-state index contributed by atoms with van der Waals surface area (Å²) in [6.07, 6.45) is 0.145. The number of hydrogen-bond donors (Lipinski definition) is 2. The van der Waals surface area contributed by atoms with Gasteiger partial charge in [-0.2, -0.15) is 13.2 Å². The molecule has 0 atom stereocenters. The fourth-order valence-corrected chi connectivity index (χ4v) is 5.75. The van der Waals surface area contributed by atoms with E-state index in [0.717, 1.165) is 21.2 Å². The lowest BCUT2D eigenvalue weighted by atomic mass is 9.84. The fraction of sp³-hybridized carbons (Fsp3) is 0.513. The Hall–Kier alpha value is -4.08. The smallest absolute Gasteiger partial charge is 0.444 e. The van der Waals surface area contributed by atoms with E-state index in [0.29, 0.717) is 64.6 Å². The minimum Gasteiger partial charge on any atom is -0.444 e. The number of amides is 2. The quantitative estimate of drug-likeness (QED) is 0.268. The molecule has 2 saturated heterocycles. The second-order valence-corrected chi connectivity index (χ2v) is 16.1. The highest BCUT2D eigenvalue weighted by Crippen LogP contribution is 2.35. The molecule has 11 nitrogen and oxygen atoms in total. The Morgan fingerprint density at radius 1 is 0.685 bits per heavy atom. The number of rotatable bonds is 3. The van der Waals surface area contributed by atoms with E-state index in [4.69, 9.17) is 9.47 Å². The van der Waals surface area contributed by atoms with Crippen LogP contribution in [0.2, 0.25) is 0 Å². The molecule has 3 heterocycles. The topological polar surface area (TPSA) is 142 Å². The molecule has 15 heteroatoms. The van der Waals surface area contributed by atoms with Gasteiger partial charge >= 0.3 is 18.4 Å². The van der Waals surface area contributed by atoms with Crippen molar-refractivity contribution in [1.82, 2.24) is 19.8 Å². The van der Waals surface area contributed by atoms with E-state index in [9.17, 15) is 37.8 Å². The third-order valence-corrected chi connectivity index (χ3v) is 9.04. The monoisotopic (exact) mass is 822 g/mol. The molecule has 0 aliphatic carbocycles. The van der Waals surface area contributed by atoms with E-state index in [2.05, 4.69) is 25.9 Å². The predicted molar refractivity (Wildman–Crippen MR) is 200 cm³/mol. The molecule has 54 heavy (non-hydrogen) atoms. The van der Waals surface area contributed by atoms with Gasteiger partial charge < -0.3 is 29.5 Å². The van der Waals surface area contributed by atoms with Crippen molar-refractivity contribution >= 4 is 33.9 Å². The zero-order chi connectivity index (χ0) is 40.5. The van der Waals surface area contributed by atoms with Crippen LogP contribution in [-0.4, -0.2) is 91.5 Å². The van der Waals surface area contributed by atoms with Crippen molar-refractivity contribution in [3.05, 3.63) is 82.6 Å². The van der Waals surface area contributed by atoms with Gasteiger partial charge in [0, 0.05) is 55.5 Å². The van der Waals surface area contributed by atoms with Crippen LogP contribution in [0.1, 0.15) is 85.3 Å². The number of hydrogen-bond acceptors (Lipinski definition) is 9. The van der Waals surface area contributed by atoms with Crippen LogP contribution < -0.4 is 0 Å². The summed E-state index contributed by atoms with van der Waals surface area (Å²) in [5, 5.41) is 21.8. The molecule has 0 unspecified atom stereocenters. The number of Topliss-reactive ketones (excluding diaryl/α,β-unsaturated/α-hetero) is 1. The first-order valence-corrected chi connectivity index (χ1v) is 18.3. The number of ketones is 1. The Bertz CT molecular complexity index is 1680. The van der Waals surface area contributed by atoms with Gasteiger partial charge in [0.05, 0.1) is 11.2 Å². The number of alkyl halides is 3. The summed E-state index contributed by atoms with van der Waals surface area (Å²) in [5.41, 5.74) is -0.149. The Labute approximate surface area is 323 Å². The highest BCUT2D eigenvalue weighted by Gasteiger charge is 2.38. The SMILES string of the molecule is CC(=O)C(F)(F)F.CC(C)(C)OC(=O)N1CCC(O)(c2ccc(-c3ncccn3)cc2)CC1.CC(C)(C)OC(=O)N1CCC(O)(c2ccc(Br)cc2)CC1. The van der Waals surface area contributed by atoms with E-state index >= 15 is 0 Å². The Balaban J connectivity index is 0.000000251. The largest absolute Gasteiger partial charge is 0.449 e. The molecule has 2 fully saturated rings. The molecule has 1 aromatic heterocycles. The first-order valence-electron chi connectivity index (χ1n) is 17.5. The number of aromatic nitrogens is 2. The number of piperidine rings is 2. The van der Waals surface area contributed by atoms with Crippen molar-refractivity contribution in [1.29, 1.82) is 0 Å². The third kappa shape index (κ3) is 13.6. The second kappa shape index (κ2) is 18.0. The van der Waals surface area contributed by atoms with Crippen LogP contribution in [0.15, 0.2) is 71.5 Å². The van der Waals surface area contributed by atoms with Crippen molar-refractivity contribution in [2.45, 2.75) is 103 Å². The standard InChI is InChI=1S/C20H25N3O3.C16H22BrNO3.C3H3F3O/c1-19(2,3)26-18(24)23-13-9-20(25,10-14-23)16-7-5-15(6-8-16)17-21-11-4-12-22-17;1-15(2,3)21-14(19)18-10-8-16(20,9-11-18)12-4-6-13(17)7-5-12;1-2(7)3(4,5)6/h4-8,11-12,25H,9-10,13-14H2,1-3H3;4-7,20H,8-11H2,1-3H3;1H3. The summed E-state index contributed by atoms with van der Waals surface area (Å²) >= 11 is 3.39. The molecule has 2 aliphatic rings.